The Morgan fingerprint density at radius 1 is 1.20 bits per heavy atom. The van der Waals surface area contributed by atoms with Crippen LogP contribution in [0.2, 0.25) is 0 Å². The lowest BCUT2D eigenvalue weighted by atomic mass is 10.2. The molecule has 0 saturated carbocycles. The molecule has 0 bridgehead atoms. The fourth-order valence-electron chi connectivity index (χ4n) is 1.09. The first-order valence-corrected chi connectivity index (χ1v) is 4.29. The van der Waals surface area contributed by atoms with E-state index in [-0.39, 0.29) is 24.8 Å². The average Bonchev–Trinajstić information content (AvgIpc) is 2.15. The van der Waals surface area contributed by atoms with E-state index in [0.717, 1.165) is 24.5 Å². The van der Waals surface area contributed by atoms with Crippen LogP contribution in [0.25, 0.3) is 0 Å². The fourth-order valence-corrected chi connectivity index (χ4v) is 1.09. The van der Waals surface area contributed by atoms with Crippen LogP contribution < -0.4 is 10.6 Å². The minimum absolute atomic E-state index is 0. The Morgan fingerprint density at radius 3 is 2.20 bits per heavy atom. The predicted molar refractivity (Wildman–Crippen MR) is 70.5 cm³/mol. The van der Waals surface area contributed by atoms with E-state index in [9.17, 15) is 0 Å². The molecule has 1 aromatic rings. The van der Waals surface area contributed by atoms with E-state index in [4.69, 9.17) is 10.5 Å². The number of hydrogen-bond donors (Lipinski definition) is 1. The summed E-state index contributed by atoms with van der Waals surface area (Å²) in [6.45, 7) is 1.63. The average molecular weight is 253 g/mol. The summed E-state index contributed by atoms with van der Waals surface area (Å²) in [5.41, 5.74) is 7.54. The molecular formula is C10H18Cl2N2O. The smallest absolute Gasteiger partial charge is 0.0637 e. The number of methoxy groups -OCH3 is 1. The molecule has 5 heteroatoms. The first-order valence-electron chi connectivity index (χ1n) is 4.29. The van der Waals surface area contributed by atoms with Crippen LogP contribution in [0.5, 0.6) is 0 Å². The number of nitrogens with zero attached hydrogens (tertiary/aromatic N) is 1. The molecule has 0 aliphatic heterocycles. The van der Waals surface area contributed by atoms with Crippen LogP contribution in [-0.2, 0) is 4.74 Å². The van der Waals surface area contributed by atoms with E-state index in [1.807, 2.05) is 31.3 Å². The third-order valence-corrected chi connectivity index (χ3v) is 1.96. The molecule has 0 saturated heterocycles. The molecule has 0 heterocycles. The molecule has 0 aliphatic rings. The van der Waals surface area contributed by atoms with Gasteiger partial charge in [-0.25, -0.2) is 0 Å². The molecule has 0 spiro atoms. The predicted octanol–water partition coefficient (Wildman–Crippen LogP) is 2.20. The highest BCUT2D eigenvalue weighted by Crippen LogP contribution is 2.13. The molecule has 2 N–H and O–H groups in total. The van der Waals surface area contributed by atoms with Crippen molar-refractivity contribution in [3.8, 4) is 0 Å². The maximum atomic E-state index is 5.58. The molecular weight excluding hydrogens is 235 g/mol. The number of anilines is 2. The normalized spacial score (nSPS) is 8.67. The van der Waals surface area contributed by atoms with Crippen molar-refractivity contribution in [3.63, 3.8) is 0 Å². The molecule has 0 unspecified atom stereocenters. The Labute approximate surface area is 103 Å². The van der Waals surface area contributed by atoms with E-state index < -0.39 is 0 Å². The zero-order valence-corrected chi connectivity index (χ0v) is 10.6. The number of benzene rings is 1. The third kappa shape index (κ3) is 5.72. The summed E-state index contributed by atoms with van der Waals surface area (Å²) < 4.78 is 4.99. The Hall–Kier alpha value is -0.640. The first-order chi connectivity index (χ1) is 6.24. The summed E-state index contributed by atoms with van der Waals surface area (Å²) in [5, 5.41) is 0. The van der Waals surface area contributed by atoms with Gasteiger partial charge in [0.25, 0.3) is 0 Å². The highest BCUT2D eigenvalue weighted by molar-refractivity contribution is 5.85. The van der Waals surface area contributed by atoms with Crippen molar-refractivity contribution in [2.75, 3.05) is 37.9 Å². The van der Waals surface area contributed by atoms with E-state index in [0.29, 0.717) is 0 Å². The second-order valence-electron chi connectivity index (χ2n) is 3.01. The van der Waals surface area contributed by atoms with Gasteiger partial charge in [-0.15, -0.1) is 24.8 Å². The van der Waals surface area contributed by atoms with Gasteiger partial charge in [0, 0.05) is 32.1 Å². The number of nitrogen functional groups attached to an aromatic ring is 1. The second kappa shape index (κ2) is 8.65. The lowest BCUT2D eigenvalue weighted by Crippen LogP contribution is -2.21. The van der Waals surface area contributed by atoms with Crippen LogP contribution in [0.4, 0.5) is 11.4 Å². The van der Waals surface area contributed by atoms with Gasteiger partial charge in [-0.05, 0) is 24.3 Å². The van der Waals surface area contributed by atoms with E-state index in [2.05, 4.69) is 4.90 Å². The molecule has 0 radical (unpaired) electrons. The van der Waals surface area contributed by atoms with Gasteiger partial charge in [0.05, 0.1) is 6.61 Å². The minimum Gasteiger partial charge on any atom is -0.399 e. The van der Waals surface area contributed by atoms with Crippen molar-refractivity contribution in [1.29, 1.82) is 0 Å². The van der Waals surface area contributed by atoms with Crippen LogP contribution in [-0.4, -0.2) is 27.3 Å². The molecule has 0 fully saturated rings. The molecule has 0 aliphatic carbocycles. The summed E-state index contributed by atoms with van der Waals surface area (Å²) in [5.74, 6) is 0. The largest absolute Gasteiger partial charge is 0.399 e. The van der Waals surface area contributed by atoms with Crippen LogP contribution in [0.15, 0.2) is 24.3 Å². The maximum absolute atomic E-state index is 5.58. The lowest BCUT2D eigenvalue weighted by molar-refractivity contribution is 0.206. The zero-order chi connectivity index (χ0) is 9.68. The van der Waals surface area contributed by atoms with Gasteiger partial charge in [0.1, 0.15) is 0 Å². The summed E-state index contributed by atoms with van der Waals surface area (Å²) >= 11 is 0. The number of nitrogens with two attached hydrogens (primary N) is 1. The van der Waals surface area contributed by atoms with E-state index >= 15 is 0 Å². The molecule has 15 heavy (non-hydrogen) atoms. The highest BCUT2D eigenvalue weighted by atomic mass is 35.5. The SMILES string of the molecule is COCCN(C)c1ccc(N)cc1.Cl.Cl. The van der Waals surface area contributed by atoms with Crippen molar-refractivity contribution in [2.24, 2.45) is 0 Å². The molecule has 1 aromatic carbocycles. The Kier molecular flexibility index (Phi) is 9.68. The van der Waals surface area contributed by atoms with Crippen LogP contribution >= 0.6 is 24.8 Å². The monoisotopic (exact) mass is 252 g/mol. The van der Waals surface area contributed by atoms with Crippen LogP contribution in [0, 0.1) is 0 Å². The summed E-state index contributed by atoms with van der Waals surface area (Å²) in [6.07, 6.45) is 0. The van der Waals surface area contributed by atoms with Gasteiger partial charge in [-0.3, -0.25) is 0 Å². The number of rotatable bonds is 4. The fraction of sp³-hybridized carbons (Fsp3) is 0.400. The number of ether oxygens (including phenoxy) is 1. The highest BCUT2D eigenvalue weighted by Gasteiger charge is 1.98. The Bertz CT molecular complexity index is 254. The third-order valence-electron chi connectivity index (χ3n) is 1.96. The first kappa shape index (κ1) is 16.8. The van der Waals surface area contributed by atoms with Crippen LogP contribution in [0.3, 0.4) is 0 Å². The van der Waals surface area contributed by atoms with Crippen molar-refractivity contribution in [2.45, 2.75) is 0 Å². The van der Waals surface area contributed by atoms with Gasteiger partial charge in [-0.2, -0.15) is 0 Å². The second-order valence-corrected chi connectivity index (χ2v) is 3.01. The number of likely N-dealkylation sites (N-methyl/N-ethyl adjacent to an activating group) is 1. The van der Waals surface area contributed by atoms with Gasteiger partial charge in [-0.1, -0.05) is 0 Å². The standard InChI is InChI=1S/C10H16N2O.2ClH/c1-12(7-8-13-2)10-5-3-9(11)4-6-10;;/h3-6H,7-8,11H2,1-2H3;2*1H. The van der Waals surface area contributed by atoms with Gasteiger partial charge in [0.2, 0.25) is 0 Å². The summed E-state index contributed by atoms with van der Waals surface area (Å²) in [6, 6.07) is 7.81. The quantitative estimate of drug-likeness (QED) is 0.836. The van der Waals surface area contributed by atoms with E-state index in [1.54, 1.807) is 7.11 Å². The topological polar surface area (TPSA) is 38.5 Å². The summed E-state index contributed by atoms with van der Waals surface area (Å²) in [4.78, 5) is 2.13. The van der Waals surface area contributed by atoms with Crippen molar-refractivity contribution < 1.29 is 4.74 Å². The van der Waals surface area contributed by atoms with Gasteiger partial charge >= 0.3 is 0 Å². The van der Waals surface area contributed by atoms with Crippen LogP contribution in [0.1, 0.15) is 0 Å². The Balaban J connectivity index is 0. The zero-order valence-electron chi connectivity index (χ0n) is 8.97. The summed E-state index contributed by atoms with van der Waals surface area (Å²) in [7, 11) is 3.74. The molecule has 3 nitrogen and oxygen atoms in total. The van der Waals surface area contributed by atoms with Gasteiger partial charge < -0.3 is 15.4 Å². The molecule has 0 atom stereocenters. The molecule has 0 amide bonds. The van der Waals surface area contributed by atoms with Crippen molar-refractivity contribution in [1.82, 2.24) is 0 Å². The van der Waals surface area contributed by atoms with Crippen molar-refractivity contribution in [3.05, 3.63) is 24.3 Å². The van der Waals surface area contributed by atoms with Crippen molar-refractivity contribution >= 4 is 36.2 Å². The van der Waals surface area contributed by atoms with Gasteiger partial charge in [0.15, 0.2) is 0 Å². The Morgan fingerprint density at radius 2 is 1.73 bits per heavy atom. The minimum atomic E-state index is 0. The molecule has 0 aromatic heterocycles. The number of halogens is 2. The lowest BCUT2D eigenvalue weighted by Gasteiger charge is -2.18. The maximum Gasteiger partial charge on any atom is 0.0637 e. The number of hydrogen-bond acceptors (Lipinski definition) is 3. The molecule has 1 rings (SSSR count). The molecule has 88 valence electrons. The van der Waals surface area contributed by atoms with E-state index in [1.165, 1.54) is 0 Å².